The van der Waals surface area contributed by atoms with Crippen molar-refractivity contribution in [1.29, 1.82) is 5.26 Å². The third-order valence-electron chi connectivity index (χ3n) is 2.22. The lowest BCUT2D eigenvalue weighted by Gasteiger charge is -2.26. The van der Waals surface area contributed by atoms with Gasteiger partial charge in [-0.25, -0.2) is 0 Å². The molecule has 0 aromatic heterocycles. The first kappa shape index (κ1) is 13.2. The number of rotatable bonds is 4. The number of nitrogens with two attached hydrogens (primary N) is 1. The first-order valence-electron chi connectivity index (χ1n) is 4.49. The van der Waals surface area contributed by atoms with Gasteiger partial charge in [-0.05, 0) is 19.8 Å². The largest absolute Gasteiger partial charge is 0.409 e. The average molecular weight is 212 g/mol. The van der Waals surface area contributed by atoms with Crippen LogP contribution in [0.5, 0.6) is 0 Å². The number of hydrogen-bond donors (Lipinski definition) is 2. The monoisotopic (exact) mass is 212 g/mol. The van der Waals surface area contributed by atoms with Crippen LogP contribution in [0.15, 0.2) is 10.3 Å². The van der Waals surface area contributed by atoms with E-state index in [1.807, 2.05) is 27.7 Å². The van der Waals surface area contributed by atoms with Crippen LogP contribution in [0, 0.1) is 17.2 Å². The van der Waals surface area contributed by atoms with Crippen molar-refractivity contribution in [2.24, 2.45) is 22.0 Å². The van der Waals surface area contributed by atoms with Gasteiger partial charge in [0.05, 0.1) is 0 Å². The van der Waals surface area contributed by atoms with Gasteiger partial charge in [-0.15, -0.1) is 0 Å². The van der Waals surface area contributed by atoms with Crippen LogP contribution in [0.3, 0.4) is 0 Å². The van der Waals surface area contributed by atoms with Crippen molar-refractivity contribution in [3.05, 3.63) is 0 Å². The first-order valence-corrected chi connectivity index (χ1v) is 4.49. The van der Waals surface area contributed by atoms with Crippen molar-refractivity contribution in [3.8, 4) is 6.07 Å². The molecule has 6 heteroatoms. The summed E-state index contributed by atoms with van der Waals surface area (Å²) >= 11 is 0. The molecule has 0 aliphatic carbocycles. The maximum Gasteiger partial charge on any atom is 0.224 e. The Labute approximate surface area is 89.0 Å². The zero-order valence-electron chi connectivity index (χ0n) is 9.35. The standard InChI is InChI=1S/C9H16N4O2/c1-6(2)9(3,4)15-13-7(5-10)8(11)12-14/h6,14H,1-4H3,(H2,11,12). The van der Waals surface area contributed by atoms with Gasteiger partial charge in [0.2, 0.25) is 11.5 Å². The molecule has 0 saturated carbocycles. The average Bonchev–Trinajstić information content (AvgIpc) is 2.17. The number of nitriles is 1. The minimum Gasteiger partial charge on any atom is -0.409 e. The predicted molar refractivity (Wildman–Crippen MR) is 56.5 cm³/mol. The second kappa shape index (κ2) is 5.20. The molecular formula is C9H16N4O2. The Balaban J connectivity index is 4.72. The summed E-state index contributed by atoms with van der Waals surface area (Å²) < 4.78 is 0. The van der Waals surface area contributed by atoms with Gasteiger partial charge in [0.25, 0.3) is 0 Å². The van der Waals surface area contributed by atoms with Crippen LogP contribution < -0.4 is 5.73 Å². The number of oxime groups is 2. The molecule has 0 radical (unpaired) electrons. The third-order valence-corrected chi connectivity index (χ3v) is 2.22. The molecular weight excluding hydrogens is 196 g/mol. The van der Waals surface area contributed by atoms with Crippen molar-refractivity contribution >= 4 is 11.5 Å². The molecule has 0 aliphatic heterocycles. The maximum absolute atomic E-state index is 8.63. The maximum atomic E-state index is 8.63. The molecule has 0 aromatic carbocycles. The first-order chi connectivity index (χ1) is 6.85. The van der Waals surface area contributed by atoms with Gasteiger partial charge in [-0.3, -0.25) is 0 Å². The molecule has 84 valence electrons. The highest BCUT2D eigenvalue weighted by Crippen LogP contribution is 2.20. The van der Waals surface area contributed by atoms with E-state index < -0.39 is 5.60 Å². The zero-order valence-corrected chi connectivity index (χ0v) is 9.35. The summed E-state index contributed by atoms with van der Waals surface area (Å²) in [7, 11) is 0. The third kappa shape index (κ3) is 3.85. The Hall–Kier alpha value is -1.77. The molecule has 0 atom stereocenters. The van der Waals surface area contributed by atoms with Crippen molar-refractivity contribution in [2.45, 2.75) is 33.3 Å². The van der Waals surface area contributed by atoms with Crippen LogP contribution in [0.2, 0.25) is 0 Å². The van der Waals surface area contributed by atoms with Gasteiger partial charge in [-0.2, -0.15) is 5.26 Å². The highest BCUT2D eigenvalue weighted by atomic mass is 16.6. The summed E-state index contributed by atoms with van der Waals surface area (Å²) in [6.07, 6.45) is 0. The fraction of sp³-hybridized carbons (Fsp3) is 0.667. The highest BCUT2D eigenvalue weighted by molar-refractivity contribution is 6.46. The summed E-state index contributed by atoms with van der Waals surface area (Å²) in [5, 5.41) is 23.2. The fourth-order valence-corrected chi connectivity index (χ4v) is 0.441. The SMILES string of the molecule is CC(C)C(C)(C)ON=C(C#N)C(N)=NO. The van der Waals surface area contributed by atoms with Crippen LogP contribution in [-0.2, 0) is 4.84 Å². The second-order valence-electron chi connectivity index (χ2n) is 3.89. The summed E-state index contributed by atoms with van der Waals surface area (Å²) in [5.41, 5.74) is 4.44. The lowest BCUT2D eigenvalue weighted by molar-refractivity contribution is -0.0474. The van der Waals surface area contributed by atoms with Gasteiger partial charge < -0.3 is 15.8 Å². The van der Waals surface area contributed by atoms with Gasteiger partial charge >= 0.3 is 0 Å². The molecule has 0 fully saturated rings. The molecule has 3 N–H and O–H groups in total. The lowest BCUT2D eigenvalue weighted by atomic mass is 9.95. The molecule has 0 saturated heterocycles. The minimum atomic E-state index is -0.516. The Morgan fingerprint density at radius 1 is 1.53 bits per heavy atom. The zero-order chi connectivity index (χ0) is 12.1. The summed E-state index contributed by atoms with van der Waals surface area (Å²) in [4.78, 5) is 5.16. The van der Waals surface area contributed by atoms with Crippen LogP contribution in [0.25, 0.3) is 0 Å². The Bertz CT molecular complexity index is 313. The van der Waals surface area contributed by atoms with Crippen LogP contribution in [0.1, 0.15) is 27.7 Å². The molecule has 0 amide bonds. The van der Waals surface area contributed by atoms with E-state index in [4.69, 9.17) is 21.0 Å². The molecule has 0 bridgehead atoms. The van der Waals surface area contributed by atoms with Gasteiger partial charge in [0, 0.05) is 0 Å². The van der Waals surface area contributed by atoms with Crippen LogP contribution >= 0.6 is 0 Å². The predicted octanol–water partition coefficient (Wildman–Crippen LogP) is 1.06. The van der Waals surface area contributed by atoms with E-state index in [2.05, 4.69) is 10.3 Å². The van der Waals surface area contributed by atoms with Crippen LogP contribution in [-0.4, -0.2) is 22.4 Å². The van der Waals surface area contributed by atoms with Crippen molar-refractivity contribution in [2.75, 3.05) is 0 Å². The molecule has 0 heterocycles. The highest BCUT2D eigenvalue weighted by Gasteiger charge is 2.24. The fourth-order valence-electron chi connectivity index (χ4n) is 0.441. The van der Waals surface area contributed by atoms with Crippen molar-refractivity contribution in [1.82, 2.24) is 0 Å². The van der Waals surface area contributed by atoms with E-state index >= 15 is 0 Å². The van der Waals surface area contributed by atoms with E-state index in [1.54, 1.807) is 6.07 Å². The molecule has 0 aliphatic rings. The van der Waals surface area contributed by atoms with Gasteiger partial charge in [-0.1, -0.05) is 24.2 Å². The summed E-state index contributed by atoms with van der Waals surface area (Å²) in [6, 6.07) is 1.67. The summed E-state index contributed by atoms with van der Waals surface area (Å²) in [6.45, 7) is 7.60. The van der Waals surface area contributed by atoms with E-state index in [1.165, 1.54) is 0 Å². The smallest absolute Gasteiger partial charge is 0.224 e. The Morgan fingerprint density at radius 2 is 2.07 bits per heavy atom. The van der Waals surface area contributed by atoms with E-state index in [0.29, 0.717) is 0 Å². The van der Waals surface area contributed by atoms with E-state index in [-0.39, 0.29) is 17.5 Å². The minimum absolute atomic E-state index is 0.216. The van der Waals surface area contributed by atoms with Crippen LogP contribution in [0.4, 0.5) is 0 Å². The normalized spacial score (nSPS) is 13.9. The molecule has 0 spiro atoms. The lowest BCUT2D eigenvalue weighted by Crippen LogP contribution is -2.31. The quantitative estimate of drug-likeness (QED) is 0.314. The second-order valence-corrected chi connectivity index (χ2v) is 3.89. The van der Waals surface area contributed by atoms with Crippen molar-refractivity contribution < 1.29 is 10.0 Å². The Kier molecular flexibility index (Phi) is 4.58. The number of hydrogen-bond acceptors (Lipinski definition) is 5. The molecule has 15 heavy (non-hydrogen) atoms. The Morgan fingerprint density at radius 3 is 2.40 bits per heavy atom. The number of nitrogens with zero attached hydrogens (tertiary/aromatic N) is 3. The van der Waals surface area contributed by atoms with E-state index in [0.717, 1.165) is 0 Å². The summed E-state index contributed by atoms with van der Waals surface area (Å²) in [5.74, 6) is -0.148. The van der Waals surface area contributed by atoms with Crippen molar-refractivity contribution in [3.63, 3.8) is 0 Å². The number of amidine groups is 1. The topological polar surface area (TPSA) is 104 Å². The van der Waals surface area contributed by atoms with E-state index in [9.17, 15) is 0 Å². The van der Waals surface area contributed by atoms with Gasteiger partial charge in [0.15, 0.2) is 0 Å². The molecule has 6 nitrogen and oxygen atoms in total. The molecule has 0 aromatic rings. The molecule has 0 rings (SSSR count). The van der Waals surface area contributed by atoms with Gasteiger partial charge in [0.1, 0.15) is 11.7 Å². The molecule has 0 unspecified atom stereocenters.